The van der Waals surface area contributed by atoms with E-state index in [9.17, 15) is 9.59 Å². The normalized spacial score (nSPS) is 13.5. The van der Waals surface area contributed by atoms with Gasteiger partial charge in [0.25, 0.3) is 0 Å². The second kappa shape index (κ2) is 9.38. The summed E-state index contributed by atoms with van der Waals surface area (Å²) < 4.78 is 6.08. The summed E-state index contributed by atoms with van der Waals surface area (Å²) in [7, 11) is 2.97. The SMILES string of the molecule is COC(=O)C(CO)NC(=O)C(N)CSCCc1cn(C)nn1. The molecule has 124 valence electrons. The van der Waals surface area contributed by atoms with Crippen molar-refractivity contribution in [3.63, 3.8) is 0 Å². The van der Waals surface area contributed by atoms with Crippen molar-refractivity contribution in [3.8, 4) is 0 Å². The van der Waals surface area contributed by atoms with Crippen molar-refractivity contribution in [2.24, 2.45) is 12.8 Å². The molecule has 0 saturated heterocycles. The molecular formula is C12H21N5O4S. The molecule has 10 heteroatoms. The Morgan fingerprint density at radius 1 is 1.59 bits per heavy atom. The molecule has 0 aliphatic carbocycles. The number of ether oxygens (including phenoxy) is 1. The van der Waals surface area contributed by atoms with Crippen LogP contribution in [0.1, 0.15) is 5.69 Å². The first-order chi connectivity index (χ1) is 10.5. The van der Waals surface area contributed by atoms with Gasteiger partial charge in [-0.15, -0.1) is 5.10 Å². The van der Waals surface area contributed by atoms with E-state index >= 15 is 0 Å². The van der Waals surface area contributed by atoms with Crippen LogP contribution >= 0.6 is 11.8 Å². The Kier molecular flexibility index (Phi) is 7.85. The highest BCUT2D eigenvalue weighted by atomic mass is 32.2. The molecule has 0 spiro atoms. The third kappa shape index (κ3) is 6.00. The number of hydrogen-bond acceptors (Lipinski definition) is 8. The van der Waals surface area contributed by atoms with E-state index in [1.807, 2.05) is 6.20 Å². The largest absolute Gasteiger partial charge is 0.467 e. The number of rotatable bonds is 9. The van der Waals surface area contributed by atoms with Crippen molar-refractivity contribution in [2.75, 3.05) is 25.2 Å². The number of aliphatic hydroxyl groups is 1. The van der Waals surface area contributed by atoms with Crippen LogP contribution in [0.25, 0.3) is 0 Å². The lowest BCUT2D eigenvalue weighted by atomic mass is 10.2. The smallest absolute Gasteiger partial charge is 0.330 e. The first kappa shape index (κ1) is 18.4. The number of nitrogens with zero attached hydrogens (tertiary/aromatic N) is 3. The number of aliphatic hydroxyl groups excluding tert-OH is 1. The minimum absolute atomic E-state index is 0.394. The van der Waals surface area contributed by atoms with Gasteiger partial charge in [-0.3, -0.25) is 9.48 Å². The predicted octanol–water partition coefficient (Wildman–Crippen LogP) is -1.93. The molecule has 1 heterocycles. The Morgan fingerprint density at radius 2 is 2.32 bits per heavy atom. The van der Waals surface area contributed by atoms with Gasteiger partial charge in [0.2, 0.25) is 5.91 Å². The van der Waals surface area contributed by atoms with E-state index in [4.69, 9.17) is 10.8 Å². The van der Waals surface area contributed by atoms with E-state index in [1.165, 1.54) is 18.9 Å². The van der Waals surface area contributed by atoms with Crippen molar-refractivity contribution in [1.82, 2.24) is 20.3 Å². The number of nitrogens with two attached hydrogens (primary N) is 1. The highest BCUT2D eigenvalue weighted by Gasteiger charge is 2.23. The van der Waals surface area contributed by atoms with Crippen LogP contribution in [0.15, 0.2) is 6.20 Å². The van der Waals surface area contributed by atoms with Crippen LogP contribution in [0.3, 0.4) is 0 Å². The molecule has 2 unspecified atom stereocenters. The lowest BCUT2D eigenvalue weighted by Crippen LogP contribution is -2.51. The molecular weight excluding hydrogens is 310 g/mol. The van der Waals surface area contributed by atoms with Gasteiger partial charge in [-0.2, -0.15) is 11.8 Å². The zero-order valence-electron chi connectivity index (χ0n) is 12.6. The zero-order valence-corrected chi connectivity index (χ0v) is 13.4. The molecule has 1 amide bonds. The molecule has 2 atom stereocenters. The molecule has 1 rings (SSSR count). The van der Waals surface area contributed by atoms with Crippen LogP contribution < -0.4 is 11.1 Å². The minimum Gasteiger partial charge on any atom is -0.467 e. The highest BCUT2D eigenvalue weighted by Crippen LogP contribution is 2.06. The molecule has 0 radical (unpaired) electrons. The summed E-state index contributed by atoms with van der Waals surface area (Å²) in [6, 6.07) is -1.86. The van der Waals surface area contributed by atoms with E-state index < -0.39 is 30.6 Å². The second-order valence-corrected chi connectivity index (χ2v) is 5.73. The predicted molar refractivity (Wildman–Crippen MR) is 81.0 cm³/mol. The standard InChI is InChI=1S/C12H21N5O4S/c1-17-5-8(15-16-17)3-4-22-7-9(13)11(19)14-10(6-18)12(20)21-2/h5,9-10,18H,3-4,6-7,13H2,1-2H3,(H,14,19). The average molecular weight is 331 g/mol. The molecule has 0 fully saturated rings. The van der Waals surface area contributed by atoms with Crippen LogP contribution in [0.2, 0.25) is 0 Å². The summed E-state index contributed by atoms with van der Waals surface area (Å²) in [5.74, 6) is -0.0688. The molecule has 0 aliphatic rings. The van der Waals surface area contributed by atoms with Crippen molar-refractivity contribution >= 4 is 23.6 Å². The number of carbonyl (C=O) groups excluding carboxylic acids is 2. The van der Waals surface area contributed by atoms with Gasteiger partial charge >= 0.3 is 5.97 Å². The number of aromatic nitrogens is 3. The Morgan fingerprint density at radius 3 is 2.86 bits per heavy atom. The fourth-order valence-corrected chi connectivity index (χ4v) is 2.50. The first-order valence-electron chi connectivity index (χ1n) is 6.65. The number of hydrogen-bond donors (Lipinski definition) is 3. The summed E-state index contributed by atoms with van der Waals surface area (Å²) in [6.45, 7) is -0.537. The van der Waals surface area contributed by atoms with Gasteiger partial charge in [0.05, 0.1) is 25.5 Å². The van der Waals surface area contributed by atoms with Gasteiger partial charge in [-0.05, 0) is 5.75 Å². The number of carbonyl (C=O) groups is 2. The Bertz CT molecular complexity index is 496. The van der Waals surface area contributed by atoms with Crippen LogP contribution in [0.5, 0.6) is 0 Å². The summed E-state index contributed by atoms with van der Waals surface area (Å²) >= 11 is 1.50. The van der Waals surface area contributed by atoms with Gasteiger partial charge < -0.3 is 20.9 Å². The van der Waals surface area contributed by atoms with Gasteiger partial charge in [0.15, 0.2) is 6.04 Å². The van der Waals surface area contributed by atoms with Gasteiger partial charge in [-0.1, -0.05) is 5.21 Å². The minimum atomic E-state index is -1.09. The van der Waals surface area contributed by atoms with Crippen LogP contribution in [-0.4, -0.2) is 69.3 Å². The second-order valence-electron chi connectivity index (χ2n) is 4.58. The van der Waals surface area contributed by atoms with Crippen LogP contribution in [0.4, 0.5) is 0 Å². The van der Waals surface area contributed by atoms with Crippen molar-refractivity contribution in [2.45, 2.75) is 18.5 Å². The molecule has 1 aromatic heterocycles. The number of aryl methyl sites for hydroxylation is 2. The molecule has 0 saturated carbocycles. The van der Waals surface area contributed by atoms with Crippen molar-refractivity contribution < 1.29 is 19.4 Å². The molecule has 0 aromatic carbocycles. The molecule has 0 bridgehead atoms. The van der Waals surface area contributed by atoms with E-state index in [0.29, 0.717) is 5.75 Å². The van der Waals surface area contributed by atoms with E-state index in [1.54, 1.807) is 11.7 Å². The molecule has 9 nitrogen and oxygen atoms in total. The lowest BCUT2D eigenvalue weighted by Gasteiger charge is -2.17. The van der Waals surface area contributed by atoms with Gasteiger partial charge in [0, 0.05) is 25.4 Å². The Labute approximate surface area is 132 Å². The fourth-order valence-electron chi connectivity index (χ4n) is 1.57. The summed E-state index contributed by atoms with van der Waals surface area (Å²) in [5.41, 5.74) is 6.62. The van der Waals surface area contributed by atoms with Crippen molar-refractivity contribution in [1.29, 1.82) is 0 Å². The number of nitrogens with one attached hydrogen (secondary N) is 1. The molecule has 0 aliphatic heterocycles. The lowest BCUT2D eigenvalue weighted by molar-refractivity contribution is -0.146. The Balaban J connectivity index is 2.27. The maximum atomic E-state index is 11.8. The highest BCUT2D eigenvalue weighted by molar-refractivity contribution is 7.99. The summed E-state index contributed by atoms with van der Waals surface area (Å²) in [6.07, 6.45) is 2.56. The maximum absolute atomic E-state index is 11.8. The maximum Gasteiger partial charge on any atom is 0.330 e. The topological polar surface area (TPSA) is 132 Å². The summed E-state index contributed by atoms with van der Waals surface area (Å²) in [4.78, 5) is 23.1. The van der Waals surface area contributed by atoms with E-state index in [2.05, 4.69) is 20.4 Å². The summed E-state index contributed by atoms with van der Waals surface area (Å²) in [5, 5.41) is 19.2. The van der Waals surface area contributed by atoms with Crippen LogP contribution in [-0.2, 0) is 27.8 Å². The van der Waals surface area contributed by atoms with E-state index in [0.717, 1.165) is 17.9 Å². The number of thioether (sulfide) groups is 1. The zero-order chi connectivity index (χ0) is 16.5. The molecule has 22 heavy (non-hydrogen) atoms. The van der Waals surface area contributed by atoms with Crippen molar-refractivity contribution in [3.05, 3.63) is 11.9 Å². The van der Waals surface area contributed by atoms with Gasteiger partial charge in [-0.25, -0.2) is 4.79 Å². The number of methoxy groups -OCH3 is 1. The van der Waals surface area contributed by atoms with Crippen LogP contribution in [0, 0.1) is 0 Å². The third-order valence-corrected chi connectivity index (χ3v) is 3.86. The Hall–Kier alpha value is -1.65. The molecule has 4 N–H and O–H groups in total. The van der Waals surface area contributed by atoms with Gasteiger partial charge in [0.1, 0.15) is 0 Å². The first-order valence-corrected chi connectivity index (χ1v) is 7.81. The number of amides is 1. The molecule has 1 aromatic rings. The quantitative estimate of drug-likeness (QED) is 0.352. The third-order valence-electron chi connectivity index (χ3n) is 2.77. The monoisotopic (exact) mass is 331 g/mol. The average Bonchev–Trinajstić information content (AvgIpc) is 2.93. The number of esters is 1. The van der Waals surface area contributed by atoms with E-state index in [-0.39, 0.29) is 0 Å². The fraction of sp³-hybridized carbons (Fsp3) is 0.667.